The fraction of sp³-hybridized carbons (Fsp3) is 0.545. The van der Waals surface area contributed by atoms with Crippen molar-refractivity contribution in [3.8, 4) is 0 Å². The Hall–Kier alpha value is -1.25. The van der Waals surface area contributed by atoms with Gasteiger partial charge in [0.15, 0.2) is 0 Å². The number of aryl methyl sites for hydroxylation is 1. The molecule has 0 saturated heterocycles. The summed E-state index contributed by atoms with van der Waals surface area (Å²) in [6, 6.07) is 3.82. The summed E-state index contributed by atoms with van der Waals surface area (Å²) in [6.45, 7) is 6.10. The minimum absolute atomic E-state index is 0.0639. The summed E-state index contributed by atoms with van der Waals surface area (Å²) in [5.74, 6) is 0. The van der Waals surface area contributed by atoms with Gasteiger partial charge in [0.2, 0.25) is 0 Å². The van der Waals surface area contributed by atoms with E-state index >= 15 is 0 Å². The summed E-state index contributed by atoms with van der Waals surface area (Å²) in [5, 5.41) is 0. The van der Waals surface area contributed by atoms with Crippen molar-refractivity contribution in [3.05, 3.63) is 28.2 Å². The normalized spacial score (nSPS) is 10.9. The van der Waals surface area contributed by atoms with Gasteiger partial charge in [0, 0.05) is 11.7 Å². The molecule has 0 radical (unpaired) electrons. The second-order valence-corrected chi connectivity index (χ2v) is 3.80. The Morgan fingerprint density at radius 2 is 2.07 bits per heavy atom. The number of nitrogen functional groups attached to an aromatic ring is 1. The summed E-state index contributed by atoms with van der Waals surface area (Å²) < 4.78 is 1.78. The van der Waals surface area contributed by atoms with Crippen molar-refractivity contribution in [1.82, 2.24) is 4.57 Å². The average molecular weight is 194 g/mol. The van der Waals surface area contributed by atoms with E-state index in [0.717, 1.165) is 18.5 Å². The van der Waals surface area contributed by atoms with Crippen molar-refractivity contribution in [2.24, 2.45) is 0 Å². The van der Waals surface area contributed by atoms with Gasteiger partial charge in [-0.25, -0.2) is 0 Å². The molecule has 0 atom stereocenters. The van der Waals surface area contributed by atoms with Crippen LogP contribution in [0.25, 0.3) is 0 Å². The minimum Gasteiger partial charge on any atom is -0.394 e. The molecule has 0 saturated carbocycles. The van der Waals surface area contributed by atoms with Gasteiger partial charge < -0.3 is 10.3 Å². The molecule has 3 heteroatoms. The maximum absolute atomic E-state index is 11.7. The lowest BCUT2D eigenvalue weighted by Crippen LogP contribution is -2.27. The van der Waals surface area contributed by atoms with E-state index in [2.05, 4.69) is 6.92 Å². The largest absolute Gasteiger partial charge is 0.394 e. The van der Waals surface area contributed by atoms with Crippen molar-refractivity contribution in [2.75, 3.05) is 5.73 Å². The van der Waals surface area contributed by atoms with Crippen LogP contribution in [0.5, 0.6) is 0 Å². The van der Waals surface area contributed by atoms with E-state index in [9.17, 15) is 4.79 Å². The number of nitrogens with two attached hydrogens (primary N) is 1. The molecule has 1 heterocycles. The molecule has 1 aromatic rings. The van der Waals surface area contributed by atoms with Gasteiger partial charge in [0.05, 0.1) is 5.69 Å². The summed E-state index contributed by atoms with van der Waals surface area (Å²) in [4.78, 5) is 11.7. The Morgan fingerprint density at radius 1 is 1.43 bits per heavy atom. The molecule has 0 aliphatic heterocycles. The van der Waals surface area contributed by atoms with Crippen LogP contribution in [-0.4, -0.2) is 4.57 Å². The molecule has 0 unspecified atom stereocenters. The fourth-order valence-electron chi connectivity index (χ4n) is 1.63. The van der Waals surface area contributed by atoms with Crippen LogP contribution in [0.2, 0.25) is 0 Å². The van der Waals surface area contributed by atoms with Crippen LogP contribution in [0.1, 0.15) is 38.9 Å². The predicted octanol–water partition coefficient (Wildman–Crippen LogP) is 1.96. The number of pyridine rings is 1. The summed E-state index contributed by atoms with van der Waals surface area (Å²) in [6.07, 6.45) is 1.96. The lowest BCUT2D eigenvalue weighted by Gasteiger charge is -2.16. The number of aromatic nitrogens is 1. The van der Waals surface area contributed by atoms with E-state index in [1.807, 2.05) is 19.9 Å². The molecule has 1 aromatic heterocycles. The number of hydrogen-bond acceptors (Lipinski definition) is 2. The monoisotopic (exact) mass is 194 g/mol. The Kier molecular flexibility index (Phi) is 3.33. The molecule has 0 aliphatic carbocycles. The number of rotatable bonds is 3. The zero-order valence-electron chi connectivity index (χ0n) is 9.08. The first-order chi connectivity index (χ1) is 6.57. The van der Waals surface area contributed by atoms with Crippen molar-refractivity contribution in [1.29, 1.82) is 0 Å². The molecule has 0 aliphatic rings. The topological polar surface area (TPSA) is 48.0 Å². The molecule has 0 spiro atoms. The van der Waals surface area contributed by atoms with Crippen molar-refractivity contribution in [3.63, 3.8) is 0 Å². The van der Waals surface area contributed by atoms with Gasteiger partial charge in [-0.2, -0.15) is 0 Å². The van der Waals surface area contributed by atoms with Gasteiger partial charge in [-0.05, 0) is 32.4 Å². The van der Waals surface area contributed by atoms with Crippen LogP contribution < -0.4 is 11.3 Å². The molecule has 0 aromatic carbocycles. The molecule has 78 valence electrons. The maximum Gasteiger partial charge on any atom is 0.274 e. The minimum atomic E-state index is -0.0639. The zero-order valence-corrected chi connectivity index (χ0v) is 9.08. The standard InChI is InChI=1S/C11H18N2O/c1-4-5-9-6-7-10(12)11(14)13(9)8(2)3/h6-8H,4-5,12H2,1-3H3. The highest BCUT2D eigenvalue weighted by Gasteiger charge is 2.08. The van der Waals surface area contributed by atoms with Gasteiger partial charge in [-0.1, -0.05) is 13.3 Å². The molecule has 3 nitrogen and oxygen atoms in total. The van der Waals surface area contributed by atoms with E-state index in [-0.39, 0.29) is 11.6 Å². The maximum atomic E-state index is 11.7. The number of nitrogens with zero attached hydrogens (tertiary/aromatic N) is 1. The fourth-order valence-corrected chi connectivity index (χ4v) is 1.63. The molecule has 0 fully saturated rings. The van der Waals surface area contributed by atoms with Crippen LogP contribution in [0, 0.1) is 0 Å². The Bertz CT molecular complexity index is 366. The van der Waals surface area contributed by atoms with Gasteiger partial charge in [0.1, 0.15) is 0 Å². The van der Waals surface area contributed by atoms with Crippen molar-refractivity contribution < 1.29 is 0 Å². The highest BCUT2D eigenvalue weighted by Crippen LogP contribution is 2.10. The van der Waals surface area contributed by atoms with Gasteiger partial charge in [-0.3, -0.25) is 4.79 Å². The van der Waals surface area contributed by atoms with Crippen LogP contribution in [0.4, 0.5) is 5.69 Å². The first-order valence-electron chi connectivity index (χ1n) is 5.07. The van der Waals surface area contributed by atoms with Crippen molar-refractivity contribution in [2.45, 2.75) is 39.7 Å². The summed E-state index contributed by atoms with van der Waals surface area (Å²) >= 11 is 0. The molecule has 14 heavy (non-hydrogen) atoms. The SMILES string of the molecule is CCCc1ccc(N)c(=O)n1C(C)C. The van der Waals surface area contributed by atoms with Gasteiger partial charge in [0.25, 0.3) is 5.56 Å². The first-order valence-corrected chi connectivity index (χ1v) is 5.07. The predicted molar refractivity (Wildman–Crippen MR) is 59.5 cm³/mol. The molecular formula is C11H18N2O. The van der Waals surface area contributed by atoms with E-state index in [1.165, 1.54) is 0 Å². The Morgan fingerprint density at radius 3 is 2.57 bits per heavy atom. The van der Waals surface area contributed by atoms with E-state index in [4.69, 9.17) is 5.73 Å². The van der Waals surface area contributed by atoms with E-state index in [1.54, 1.807) is 10.6 Å². The highest BCUT2D eigenvalue weighted by molar-refractivity contribution is 5.36. The zero-order chi connectivity index (χ0) is 10.7. The second-order valence-electron chi connectivity index (χ2n) is 3.80. The van der Waals surface area contributed by atoms with Crippen molar-refractivity contribution >= 4 is 5.69 Å². The van der Waals surface area contributed by atoms with Crippen LogP contribution in [0.3, 0.4) is 0 Å². The quantitative estimate of drug-likeness (QED) is 0.799. The third-order valence-corrected chi connectivity index (χ3v) is 2.25. The third-order valence-electron chi connectivity index (χ3n) is 2.25. The highest BCUT2D eigenvalue weighted by atomic mass is 16.1. The lowest BCUT2D eigenvalue weighted by molar-refractivity contribution is 0.548. The van der Waals surface area contributed by atoms with Crippen LogP contribution >= 0.6 is 0 Å². The smallest absolute Gasteiger partial charge is 0.274 e. The summed E-state index contributed by atoms with van der Waals surface area (Å²) in [5.41, 5.74) is 6.93. The first kappa shape index (κ1) is 10.8. The van der Waals surface area contributed by atoms with E-state index < -0.39 is 0 Å². The second kappa shape index (κ2) is 4.31. The number of hydrogen-bond donors (Lipinski definition) is 1. The van der Waals surface area contributed by atoms with E-state index in [0.29, 0.717) is 5.69 Å². The summed E-state index contributed by atoms with van der Waals surface area (Å²) in [7, 11) is 0. The lowest BCUT2D eigenvalue weighted by atomic mass is 10.2. The van der Waals surface area contributed by atoms with Gasteiger partial charge >= 0.3 is 0 Å². The molecule has 1 rings (SSSR count). The molecule has 2 N–H and O–H groups in total. The Balaban J connectivity index is 3.30. The molecular weight excluding hydrogens is 176 g/mol. The third kappa shape index (κ3) is 1.97. The average Bonchev–Trinajstić information content (AvgIpc) is 2.11. The molecule has 0 bridgehead atoms. The van der Waals surface area contributed by atoms with Crippen LogP contribution in [-0.2, 0) is 6.42 Å². The van der Waals surface area contributed by atoms with Gasteiger partial charge in [-0.15, -0.1) is 0 Å². The Labute approximate surface area is 84.6 Å². The van der Waals surface area contributed by atoms with Crippen LogP contribution in [0.15, 0.2) is 16.9 Å². The molecule has 0 amide bonds. The number of anilines is 1.